The fourth-order valence-corrected chi connectivity index (χ4v) is 2.19. The Morgan fingerprint density at radius 1 is 1.06 bits per heavy atom. The number of fused-ring (bicyclic) bond motifs is 3. The fraction of sp³-hybridized carbons (Fsp3) is 0.154. The molecule has 2 aromatic carbocycles. The van der Waals surface area contributed by atoms with Gasteiger partial charge in [0, 0.05) is 6.54 Å². The number of benzene rings is 2. The first-order valence-corrected chi connectivity index (χ1v) is 5.15. The number of rotatable bonds is 0. The van der Waals surface area contributed by atoms with Crippen LogP contribution in [0.5, 0.6) is 0 Å². The van der Waals surface area contributed by atoms with Gasteiger partial charge in [0.2, 0.25) is 0 Å². The second kappa shape index (κ2) is 6.05. The molecule has 3 rings (SSSR count). The van der Waals surface area contributed by atoms with Crippen LogP contribution in [0.15, 0.2) is 36.4 Å². The molecule has 0 spiro atoms. The van der Waals surface area contributed by atoms with Gasteiger partial charge in [-0.1, -0.05) is 36.4 Å². The molecule has 0 saturated heterocycles. The zero-order valence-electron chi connectivity index (χ0n) is 8.69. The molecule has 4 heteroatoms. The predicted octanol–water partition coefficient (Wildman–Crippen LogP) is 1.63. The van der Waals surface area contributed by atoms with Crippen molar-refractivity contribution in [3.8, 4) is 0 Å². The van der Waals surface area contributed by atoms with E-state index < -0.39 is 0 Å². The number of nitrogens with one attached hydrogen (secondary N) is 1. The Balaban J connectivity index is 0.000000722. The standard InChI is InChI=1S/C13H11NO.Ca.ClH.2H/c15-13-12-10(7-8-14-13)6-5-9-3-1-2-4-11(9)12;;;;/h1-6H,7-8H2,(H,14,15);;1H;;. The van der Waals surface area contributed by atoms with Crippen molar-refractivity contribution in [1.29, 1.82) is 0 Å². The number of hydrogen-bond acceptors (Lipinski definition) is 1. The molecular weight excluding hydrogens is 262 g/mol. The van der Waals surface area contributed by atoms with Crippen LogP contribution in [0.1, 0.15) is 15.9 Å². The van der Waals surface area contributed by atoms with Gasteiger partial charge in [-0.2, -0.15) is 0 Å². The van der Waals surface area contributed by atoms with Crippen molar-refractivity contribution in [2.24, 2.45) is 0 Å². The van der Waals surface area contributed by atoms with Gasteiger partial charge in [-0.05, 0) is 22.8 Å². The van der Waals surface area contributed by atoms with Crippen LogP contribution in [0.25, 0.3) is 10.8 Å². The summed E-state index contributed by atoms with van der Waals surface area (Å²) in [5, 5.41) is 5.09. The van der Waals surface area contributed by atoms with E-state index in [1.807, 2.05) is 24.3 Å². The molecule has 0 radical (unpaired) electrons. The average Bonchev–Trinajstić information content (AvgIpc) is 2.29. The summed E-state index contributed by atoms with van der Waals surface area (Å²) in [7, 11) is 0. The molecule has 0 saturated carbocycles. The minimum absolute atomic E-state index is 0. The maximum atomic E-state index is 11.8. The molecule has 2 aromatic rings. The summed E-state index contributed by atoms with van der Waals surface area (Å²) in [4.78, 5) is 11.8. The zero-order valence-corrected chi connectivity index (χ0v) is 9.51. The maximum absolute atomic E-state index is 11.8. The van der Waals surface area contributed by atoms with Crippen LogP contribution >= 0.6 is 12.4 Å². The number of amides is 1. The van der Waals surface area contributed by atoms with Gasteiger partial charge < -0.3 is 5.32 Å². The van der Waals surface area contributed by atoms with E-state index in [-0.39, 0.29) is 56.1 Å². The quantitative estimate of drug-likeness (QED) is 0.728. The van der Waals surface area contributed by atoms with Crippen LogP contribution in [0, 0.1) is 0 Å². The van der Waals surface area contributed by atoms with Crippen molar-refractivity contribution in [2.45, 2.75) is 6.42 Å². The van der Waals surface area contributed by atoms with Gasteiger partial charge >= 0.3 is 37.7 Å². The molecule has 0 atom stereocenters. The third kappa shape index (κ3) is 2.60. The summed E-state index contributed by atoms with van der Waals surface area (Å²) in [6.07, 6.45) is 0.936. The Labute approximate surface area is 136 Å². The van der Waals surface area contributed by atoms with Gasteiger partial charge in [-0.3, -0.25) is 4.79 Å². The summed E-state index contributed by atoms with van der Waals surface area (Å²) in [5.74, 6) is 0.0630. The normalized spacial score (nSPS) is 13.1. The van der Waals surface area contributed by atoms with Gasteiger partial charge in [0.1, 0.15) is 0 Å². The van der Waals surface area contributed by atoms with Crippen molar-refractivity contribution < 1.29 is 4.79 Å². The van der Waals surface area contributed by atoms with Crippen molar-refractivity contribution in [3.63, 3.8) is 0 Å². The van der Waals surface area contributed by atoms with E-state index in [1.54, 1.807) is 0 Å². The summed E-state index contributed by atoms with van der Waals surface area (Å²) >= 11 is 0. The van der Waals surface area contributed by atoms with Gasteiger partial charge in [-0.15, -0.1) is 12.4 Å². The Morgan fingerprint density at radius 3 is 2.65 bits per heavy atom. The van der Waals surface area contributed by atoms with Crippen LogP contribution in [0.4, 0.5) is 0 Å². The molecule has 1 amide bonds. The molecule has 1 aliphatic heterocycles. The predicted molar refractivity (Wildman–Crippen MR) is 75.8 cm³/mol. The van der Waals surface area contributed by atoms with Crippen LogP contribution in [-0.4, -0.2) is 50.2 Å². The molecule has 17 heavy (non-hydrogen) atoms. The van der Waals surface area contributed by atoms with Crippen molar-refractivity contribution in [2.75, 3.05) is 6.54 Å². The Bertz CT molecular complexity index is 556. The summed E-state index contributed by atoms with van der Waals surface area (Å²) in [5.41, 5.74) is 2.02. The van der Waals surface area contributed by atoms with Crippen LogP contribution in [-0.2, 0) is 6.42 Å². The molecular formula is C13H14CaClNO. The zero-order chi connectivity index (χ0) is 10.3. The van der Waals surface area contributed by atoms with E-state index in [4.69, 9.17) is 0 Å². The number of carbonyl (C=O) groups excluding carboxylic acids is 1. The third-order valence-corrected chi connectivity index (χ3v) is 2.92. The molecule has 0 aliphatic carbocycles. The third-order valence-electron chi connectivity index (χ3n) is 2.92. The van der Waals surface area contributed by atoms with E-state index in [2.05, 4.69) is 17.4 Å². The number of halogens is 1. The molecule has 2 nitrogen and oxygen atoms in total. The Morgan fingerprint density at radius 2 is 1.82 bits per heavy atom. The molecule has 0 fully saturated rings. The number of carbonyl (C=O) groups is 1. The topological polar surface area (TPSA) is 29.1 Å². The Hall–Kier alpha value is -0.280. The average molecular weight is 276 g/mol. The molecule has 86 valence electrons. The van der Waals surface area contributed by atoms with Gasteiger partial charge in [-0.25, -0.2) is 0 Å². The first kappa shape index (κ1) is 14.8. The van der Waals surface area contributed by atoms with Gasteiger partial charge in [0.05, 0.1) is 5.56 Å². The van der Waals surface area contributed by atoms with E-state index in [9.17, 15) is 4.79 Å². The molecule has 1 N–H and O–H groups in total. The first-order chi connectivity index (χ1) is 7.36. The SMILES string of the molecule is Cl.O=C1NCCc2ccc3ccccc3c21.[CaH2]. The fourth-order valence-electron chi connectivity index (χ4n) is 2.19. The Kier molecular flexibility index (Phi) is 5.26. The van der Waals surface area contributed by atoms with Crippen molar-refractivity contribution in [1.82, 2.24) is 5.32 Å². The van der Waals surface area contributed by atoms with Crippen molar-refractivity contribution in [3.05, 3.63) is 47.5 Å². The molecule has 0 unspecified atom stereocenters. The summed E-state index contributed by atoms with van der Waals surface area (Å²) in [6, 6.07) is 12.2. The summed E-state index contributed by atoms with van der Waals surface area (Å²) < 4.78 is 0. The second-order valence-corrected chi connectivity index (χ2v) is 3.83. The van der Waals surface area contributed by atoms with E-state index in [1.165, 1.54) is 0 Å². The van der Waals surface area contributed by atoms with Crippen LogP contribution < -0.4 is 5.32 Å². The number of hydrogen-bond donors (Lipinski definition) is 1. The first-order valence-electron chi connectivity index (χ1n) is 5.15. The molecule has 0 aromatic heterocycles. The van der Waals surface area contributed by atoms with Crippen LogP contribution in [0.2, 0.25) is 0 Å². The molecule has 0 bridgehead atoms. The van der Waals surface area contributed by atoms with E-state index in [0.717, 1.165) is 34.9 Å². The van der Waals surface area contributed by atoms with E-state index >= 15 is 0 Å². The second-order valence-electron chi connectivity index (χ2n) is 3.83. The summed E-state index contributed by atoms with van der Waals surface area (Å²) in [6.45, 7) is 0.754. The minimum atomic E-state index is 0. The van der Waals surface area contributed by atoms with Crippen molar-refractivity contribution >= 4 is 66.8 Å². The van der Waals surface area contributed by atoms with E-state index in [0.29, 0.717) is 0 Å². The van der Waals surface area contributed by atoms with Crippen LogP contribution in [0.3, 0.4) is 0 Å². The molecule has 1 heterocycles. The van der Waals surface area contributed by atoms with Gasteiger partial charge in [0.25, 0.3) is 5.91 Å². The monoisotopic (exact) mass is 275 g/mol. The van der Waals surface area contributed by atoms with Gasteiger partial charge in [0.15, 0.2) is 0 Å². The molecule has 1 aliphatic rings.